The number of carbonyl (C=O) groups is 2. The quantitative estimate of drug-likeness (QED) is 0.459. The minimum atomic E-state index is -0.706. The minimum absolute atomic E-state index is 0.0300. The lowest BCUT2D eigenvalue weighted by Gasteiger charge is -2.29. The number of hydrogen-bond donors (Lipinski definition) is 1. The van der Waals surface area contributed by atoms with Gasteiger partial charge in [-0.25, -0.2) is 0 Å². The highest BCUT2D eigenvalue weighted by Gasteiger charge is 2.27. The fraction of sp³-hybridized carbons (Fsp3) is 0.364. The first kappa shape index (κ1) is 23.7. The summed E-state index contributed by atoms with van der Waals surface area (Å²) in [6.45, 7) is 5.77. The van der Waals surface area contributed by atoms with Crippen LogP contribution in [0.5, 0.6) is 11.5 Å². The SMILES string of the molecule is CCNC(=O)[C@@H](C)N(Cc1ccccc1C)C(=O)COc1ccc([N+](=O)[O-])c(OC)c1. The second-order valence-corrected chi connectivity index (χ2v) is 6.90. The summed E-state index contributed by atoms with van der Waals surface area (Å²) in [5.74, 6) is -0.375. The molecule has 0 unspecified atom stereocenters. The number of benzene rings is 2. The number of carbonyl (C=O) groups excluding carboxylic acids is 2. The maximum atomic E-state index is 13.0. The van der Waals surface area contributed by atoms with E-state index in [1.54, 1.807) is 6.92 Å². The third-order valence-electron chi connectivity index (χ3n) is 4.83. The molecule has 9 nitrogen and oxygen atoms in total. The minimum Gasteiger partial charge on any atom is -0.490 e. The molecular weight excluding hydrogens is 402 g/mol. The molecule has 1 atom stereocenters. The van der Waals surface area contributed by atoms with Crippen LogP contribution >= 0.6 is 0 Å². The van der Waals surface area contributed by atoms with Gasteiger partial charge in [-0.1, -0.05) is 24.3 Å². The summed E-state index contributed by atoms with van der Waals surface area (Å²) < 4.78 is 10.6. The number of amides is 2. The number of likely N-dealkylation sites (N-methyl/N-ethyl adjacent to an activating group) is 1. The van der Waals surface area contributed by atoms with Crippen LogP contribution in [-0.2, 0) is 16.1 Å². The van der Waals surface area contributed by atoms with Crippen molar-refractivity contribution in [2.24, 2.45) is 0 Å². The summed E-state index contributed by atoms with van der Waals surface area (Å²) in [7, 11) is 1.31. The predicted octanol–water partition coefficient (Wildman–Crippen LogP) is 2.84. The van der Waals surface area contributed by atoms with Crippen LogP contribution in [0.15, 0.2) is 42.5 Å². The second kappa shape index (κ2) is 11.0. The van der Waals surface area contributed by atoms with Crippen molar-refractivity contribution in [3.63, 3.8) is 0 Å². The molecule has 9 heteroatoms. The summed E-state index contributed by atoms with van der Waals surface area (Å²) in [4.78, 5) is 37.3. The van der Waals surface area contributed by atoms with Gasteiger partial charge in [0.1, 0.15) is 11.8 Å². The molecule has 0 aromatic heterocycles. The van der Waals surface area contributed by atoms with Gasteiger partial charge in [0, 0.05) is 25.2 Å². The molecule has 0 bridgehead atoms. The van der Waals surface area contributed by atoms with Gasteiger partial charge in [0.25, 0.3) is 5.91 Å². The molecule has 0 aliphatic heterocycles. The number of aryl methyl sites for hydroxylation is 1. The summed E-state index contributed by atoms with van der Waals surface area (Å²) >= 11 is 0. The van der Waals surface area contributed by atoms with Crippen molar-refractivity contribution < 1.29 is 24.0 Å². The molecule has 2 rings (SSSR count). The van der Waals surface area contributed by atoms with Crippen molar-refractivity contribution in [1.29, 1.82) is 0 Å². The first-order chi connectivity index (χ1) is 14.8. The molecule has 2 aromatic carbocycles. The van der Waals surface area contributed by atoms with Crippen LogP contribution in [0.4, 0.5) is 5.69 Å². The van der Waals surface area contributed by atoms with Gasteiger partial charge >= 0.3 is 5.69 Å². The zero-order valence-corrected chi connectivity index (χ0v) is 18.1. The van der Waals surface area contributed by atoms with Crippen molar-refractivity contribution in [2.45, 2.75) is 33.4 Å². The van der Waals surface area contributed by atoms with E-state index in [0.29, 0.717) is 6.54 Å². The Morgan fingerprint density at radius 2 is 1.94 bits per heavy atom. The third kappa shape index (κ3) is 6.18. The number of ether oxygens (including phenoxy) is 2. The summed E-state index contributed by atoms with van der Waals surface area (Å²) in [6.07, 6.45) is 0. The maximum absolute atomic E-state index is 13.0. The van der Waals surface area contributed by atoms with Crippen molar-refractivity contribution in [2.75, 3.05) is 20.3 Å². The number of rotatable bonds is 10. The number of nitrogens with zero attached hydrogens (tertiary/aromatic N) is 2. The van der Waals surface area contributed by atoms with Crippen LogP contribution in [0.25, 0.3) is 0 Å². The van der Waals surface area contributed by atoms with Crippen molar-refractivity contribution in [1.82, 2.24) is 10.2 Å². The van der Waals surface area contributed by atoms with Gasteiger partial charge in [0.15, 0.2) is 6.61 Å². The molecule has 0 aliphatic carbocycles. The second-order valence-electron chi connectivity index (χ2n) is 6.90. The highest BCUT2D eigenvalue weighted by molar-refractivity contribution is 5.88. The van der Waals surface area contributed by atoms with Gasteiger partial charge < -0.3 is 19.7 Å². The van der Waals surface area contributed by atoms with E-state index >= 15 is 0 Å². The van der Waals surface area contributed by atoms with E-state index in [0.717, 1.165) is 11.1 Å². The van der Waals surface area contributed by atoms with Gasteiger partial charge in [0.2, 0.25) is 11.7 Å². The summed E-state index contributed by atoms with van der Waals surface area (Å²) in [5.41, 5.74) is 1.72. The molecule has 0 heterocycles. The first-order valence-electron chi connectivity index (χ1n) is 9.85. The van der Waals surface area contributed by atoms with E-state index in [1.807, 2.05) is 38.1 Å². The highest BCUT2D eigenvalue weighted by Crippen LogP contribution is 2.30. The fourth-order valence-corrected chi connectivity index (χ4v) is 3.00. The molecule has 0 aliphatic rings. The van der Waals surface area contributed by atoms with Crippen molar-refractivity contribution in [3.8, 4) is 11.5 Å². The number of nitro groups is 1. The van der Waals surface area contributed by atoms with Gasteiger partial charge in [-0.3, -0.25) is 19.7 Å². The Balaban J connectivity index is 2.19. The molecule has 166 valence electrons. The van der Waals surface area contributed by atoms with Crippen LogP contribution in [-0.4, -0.2) is 47.9 Å². The lowest BCUT2D eigenvalue weighted by atomic mass is 10.1. The monoisotopic (exact) mass is 429 g/mol. The molecular formula is C22H27N3O6. The smallest absolute Gasteiger partial charge is 0.311 e. The number of nitro benzene ring substituents is 1. The van der Waals surface area contributed by atoms with Crippen LogP contribution in [0.1, 0.15) is 25.0 Å². The third-order valence-corrected chi connectivity index (χ3v) is 4.83. The van der Waals surface area contributed by atoms with Gasteiger partial charge in [-0.15, -0.1) is 0 Å². The fourth-order valence-electron chi connectivity index (χ4n) is 3.00. The van der Waals surface area contributed by atoms with Gasteiger partial charge in [-0.2, -0.15) is 0 Å². The Labute approximate surface area is 181 Å². The van der Waals surface area contributed by atoms with E-state index in [1.165, 1.54) is 30.2 Å². The summed E-state index contributed by atoms with van der Waals surface area (Å²) in [5, 5.41) is 13.8. The first-order valence-corrected chi connectivity index (χ1v) is 9.85. The summed E-state index contributed by atoms with van der Waals surface area (Å²) in [6, 6.07) is 10.9. The molecule has 0 spiro atoms. The largest absolute Gasteiger partial charge is 0.490 e. The zero-order valence-electron chi connectivity index (χ0n) is 18.1. The molecule has 31 heavy (non-hydrogen) atoms. The number of hydrogen-bond acceptors (Lipinski definition) is 6. The van der Waals surface area contributed by atoms with Crippen LogP contribution in [0, 0.1) is 17.0 Å². The van der Waals surface area contributed by atoms with Gasteiger partial charge in [0.05, 0.1) is 12.0 Å². The molecule has 0 radical (unpaired) electrons. The average Bonchev–Trinajstić information content (AvgIpc) is 2.76. The Morgan fingerprint density at radius 3 is 2.55 bits per heavy atom. The normalized spacial score (nSPS) is 11.4. The Bertz CT molecular complexity index is 947. The molecule has 0 saturated carbocycles. The molecule has 0 fully saturated rings. The van der Waals surface area contributed by atoms with Crippen LogP contribution < -0.4 is 14.8 Å². The zero-order chi connectivity index (χ0) is 23.0. The molecule has 1 N–H and O–H groups in total. The topological polar surface area (TPSA) is 111 Å². The average molecular weight is 429 g/mol. The van der Waals surface area contributed by atoms with E-state index in [-0.39, 0.29) is 42.2 Å². The van der Waals surface area contributed by atoms with E-state index in [9.17, 15) is 19.7 Å². The lowest BCUT2D eigenvalue weighted by Crippen LogP contribution is -2.49. The predicted molar refractivity (Wildman–Crippen MR) is 115 cm³/mol. The van der Waals surface area contributed by atoms with Crippen LogP contribution in [0.3, 0.4) is 0 Å². The van der Waals surface area contributed by atoms with Crippen molar-refractivity contribution in [3.05, 3.63) is 63.7 Å². The molecule has 0 saturated heterocycles. The van der Waals surface area contributed by atoms with Crippen LogP contribution in [0.2, 0.25) is 0 Å². The van der Waals surface area contributed by atoms with E-state index < -0.39 is 11.0 Å². The Morgan fingerprint density at radius 1 is 1.23 bits per heavy atom. The van der Waals surface area contributed by atoms with E-state index in [2.05, 4.69) is 5.32 Å². The lowest BCUT2D eigenvalue weighted by molar-refractivity contribution is -0.385. The highest BCUT2D eigenvalue weighted by atomic mass is 16.6. The van der Waals surface area contributed by atoms with Gasteiger partial charge in [-0.05, 0) is 38.0 Å². The Hall–Kier alpha value is -3.62. The molecule has 2 amide bonds. The molecule has 2 aromatic rings. The number of nitrogens with one attached hydrogen (secondary N) is 1. The Kier molecular flexibility index (Phi) is 8.36. The van der Waals surface area contributed by atoms with Crippen molar-refractivity contribution >= 4 is 17.5 Å². The standard InChI is InChI=1S/C22H27N3O6/c1-5-23-22(27)16(3)24(13-17-9-7-6-8-15(17)2)21(26)14-31-18-10-11-19(25(28)29)20(12-18)30-4/h6-12,16H,5,13-14H2,1-4H3,(H,23,27)/t16-/m1/s1. The van der Waals surface area contributed by atoms with E-state index in [4.69, 9.17) is 9.47 Å². The maximum Gasteiger partial charge on any atom is 0.311 e. The number of methoxy groups -OCH3 is 1.